The van der Waals surface area contributed by atoms with Crippen molar-refractivity contribution in [1.82, 2.24) is 4.90 Å². The molecule has 0 aromatic rings. The van der Waals surface area contributed by atoms with Crippen LogP contribution < -0.4 is 5.73 Å². The molecule has 0 spiro atoms. The van der Waals surface area contributed by atoms with Crippen molar-refractivity contribution in [3.63, 3.8) is 0 Å². The Morgan fingerprint density at radius 3 is 2.61 bits per heavy atom. The van der Waals surface area contributed by atoms with E-state index < -0.39 is 0 Å². The molecule has 1 heterocycles. The average Bonchev–Trinajstić information content (AvgIpc) is 2.38. The van der Waals surface area contributed by atoms with E-state index in [4.69, 9.17) is 10.5 Å². The summed E-state index contributed by atoms with van der Waals surface area (Å²) in [5.41, 5.74) is 5.86. The summed E-state index contributed by atoms with van der Waals surface area (Å²) in [5.74, 6) is 0.338. The van der Waals surface area contributed by atoms with Crippen LogP contribution in [0.3, 0.4) is 0 Å². The molecular formula is C13H24N2O3. The Labute approximate surface area is 108 Å². The molecule has 18 heavy (non-hydrogen) atoms. The van der Waals surface area contributed by atoms with Gasteiger partial charge in [-0.25, -0.2) is 0 Å². The Morgan fingerprint density at radius 2 is 2.00 bits per heavy atom. The van der Waals surface area contributed by atoms with Gasteiger partial charge in [-0.05, 0) is 32.6 Å². The summed E-state index contributed by atoms with van der Waals surface area (Å²) in [6.45, 7) is 3.07. The summed E-state index contributed by atoms with van der Waals surface area (Å²) in [7, 11) is 0. The lowest BCUT2D eigenvalue weighted by Gasteiger charge is -2.38. The van der Waals surface area contributed by atoms with Gasteiger partial charge in [0.25, 0.3) is 0 Å². The summed E-state index contributed by atoms with van der Waals surface area (Å²) in [6.07, 6.45) is 3.46. The maximum atomic E-state index is 12.4. The molecule has 1 amide bonds. The molecule has 5 nitrogen and oxygen atoms in total. The number of aliphatic hydroxyl groups excluding tert-OH is 1. The Balaban J connectivity index is 1.91. The second-order valence-corrected chi connectivity index (χ2v) is 5.61. The second-order valence-electron chi connectivity index (χ2n) is 5.61. The van der Waals surface area contributed by atoms with Crippen LogP contribution in [0.5, 0.6) is 0 Å². The zero-order valence-electron chi connectivity index (χ0n) is 11.0. The van der Waals surface area contributed by atoms with Crippen LogP contribution in [-0.4, -0.2) is 53.9 Å². The van der Waals surface area contributed by atoms with E-state index in [9.17, 15) is 9.90 Å². The van der Waals surface area contributed by atoms with Gasteiger partial charge in [0.15, 0.2) is 0 Å². The van der Waals surface area contributed by atoms with Crippen LogP contribution in [0.1, 0.15) is 32.6 Å². The van der Waals surface area contributed by atoms with Gasteiger partial charge in [-0.15, -0.1) is 0 Å². The molecule has 1 aliphatic heterocycles. The normalized spacial score (nSPS) is 37.6. The maximum absolute atomic E-state index is 12.4. The fourth-order valence-electron chi connectivity index (χ4n) is 2.95. The Bertz CT molecular complexity index is 290. The standard InChI is InChI=1S/C13H24N2O3/c1-9-6-15(7-12(8-16)18-9)13(17)10-2-4-11(14)5-3-10/h9-12,16H,2-8,14H2,1H3. The highest BCUT2D eigenvalue weighted by atomic mass is 16.5. The van der Waals surface area contributed by atoms with Crippen LogP contribution in [-0.2, 0) is 9.53 Å². The predicted molar refractivity (Wildman–Crippen MR) is 67.9 cm³/mol. The van der Waals surface area contributed by atoms with Crippen LogP contribution in [0.15, 0.2) is 0 Å². The molecule has 1 saturated carbocycles. The minimum absolute atomic E-state index is 0.00528. The van der Waals surface area contributed by atoms with E-state index in [1.807, 2.05) is 11.8 Å². The van der Waals surface area contributed by atoms with Gasteiger partial charge < -0.3 is 20.5 Å². The van der Waals surface area contributed by atoms with Crippen LogP contribution >= 0.6 is 0 Å². The fraction of sp³-hybridized carbons (Fsp3) is 0.923. The quantitative estimate of drug-likeness (QED) is 0.735. The van der Waals surface area contributed by atoms with Gasteiger partial charge in [0.1, 0.15) is 0 Å². The van der Waals surface area contributed by atoms with Gasteiger partial charge >= 0.3 is 0 Å². The summed E-state index contributed by atoms with van der Waals surface area (Å²) in [5, 5.41) is 9.17. The molecule has 2 unspecified atom stereocenters. The van der Waals surface area contributed by atoms with E-state index in [2.05, 4.69) is 0 Å². The van der Waals surface area contributed by atoms with Gasteiger partial charge in [0.2, 0.25) is 5.91 Å². The Morgan fingerprint density at radius 1 is 1.33 bits per heavy atom. The van der Waals surface area contributed by atoms with E-state index in [1.54, 1.807) is 0 Å². The summed E-state index contributed by atoms with van der Waals surface area (Å²) < 4.78 is 5.56. The van der Waals surface area contributed by atoms with Crippen molar-refractivity contribution >= 4 is 5.91 Å². The number of hydrogen-bond donors (Lipinski definition) is 2. The first-order valence-corrected chi connectivity index (χ1v) is 6.90. The van der Waals surface area contributed by atoms with E-state index >= 15 is 0 Å². The molecule has 1 saturated heterocycles. The summed E-state index contributed by atoms with van der Waals surface area (Å²) in [6, 6.07) is 0.267. The van der Waals surface area contributed by atoms with Crippen LogP contribution in [0.25, 0.3) is 0 Å². The van der Waals surface area contributed by atoms with Crippen molar-refractivity contribution in [1.29, 1.82) is 0 Å². The van der Waals surface area contributed by atoms with Crippen LogP contribution in [0, 0.1) is 5.92 Å². The Kier molecular flexibility index (Phi) is 4.59. The van der Waals surface area contributed by atoms with Gasteiger partial charge in [0, 0.05) is 25.0 Å². The maximum Gasteiger partial charge on any atom is 0.225 e. The molecule has 2 aliphatic rings. The third-order valence-electron chi connectivity index (χ3n) is 3.96. The minimum atomic E-state index is -0.233. The number of nitrogens with two attached hydrogens (primary N) is 1. The number of aliphatic hydroxyl groups is 1. The van der Waals surface area contributed by atoms with E-state index in [0.29, 0.717) is 13.1 Å². The SMILES string of the molecule is CC1CN(C(=O)C2CCC(N)CC2)CC(CO)O1. The highest BCUT2D eigenvalue weighted by Gasteiger charge is 2.33. The predicted octanol–water partition coefficient (Wildman–Crippen LogP) is 0.112. The van der Waals surface area contributed by atoms with Crippen molar-refractivity contribution in [2.45, 2.75) is 50.9 Å². The molecule has 2 rings (SSSR count). The fourth-order valence-corrected chi connectivity index (χ4v) is 2.95. The summed E-state index contributed by atoms with van der Waals surface area (Å²) >= 11 is 0. The van der Waals surface area contributed by atoms with Crippen LogP contribution in [0.2, 0.25) is 0 Å². The van der Waals surface area contributed by atoms with Gasteiger partial charge in [-0.2, -0.15) is 0 Å². The molecule has 5 heteroatoms. The monoisotopic (exact) mass is 256 g/mol. The van der Waals surface area contributed by atoms with Crippen LogP contribution in [0.4, 0.5) is 0 Å². The molecule has 104 valence electrons. The average molecular weight is 256 g/mol. The van der Waals surface area contributed by atoms with E-state index in [1.165, 1.54) is 0 Å². The Hall–Kier alpha value is -0.650. The molecule has 2 atom stereocenters. The zero-order valence-corrected chi connectivity index (χ0v) is 11.0. The smallest absolute Gasteiger partial charge is 0.225 e. The first kappa shape index (κ1) is 13.8. The first-order valence-electron chi connectivity index (χ1n) is 6.90. The number of ether oxygens (including phenoxy) is 1. The van der Waals surface area contributed by atoms with Crippen molar-refractivity contribution in [3.8, 4) is 0 Å². The van der Waals surface area contributed by atoms with Gasteiger partial charge in [-0.1, -0.05) is 0 Å². The third kappa shape index (κ3) is 3.22. The van der Waals surface area contributed by atoms with E-state index in [-0.39, 0.29) is 36.7 Å². The lowest BCUT2D eigenvalue weighted by molar-refractivity contribution is -0.152. The number of carbonyl (C=O) groups excluding carboxylic acids is 1. The number of hydrogen-bond acceptors (Lipinski definition) is 4. The van der Waals surface area contributed by atoms with Crippen molar-refractivity contribution in [2.75, 3.05) is 19.7 Å². The third-order valence-corrected chi connectivity index (χ3v) is 3.96. The highest BCUT2D eigenvalue weighted by molar-refractivity contribution is 5.79. The first-order chi connectivity index (χ1) is 8.60. The lowest BCUT2D eigenvalue weighted by atomic mass is 9.85. The topological polar surface area (TPSA) is 75.8 Å². The summed E-state index contributed by atoms with van der Waals surface area (Å²) in [4.78, 5) is 14.3. The van der Waals surface area contributed by atoms with Gasteiger partial charge in [0.05, 0.1) is 18.8 Å². The largest absolute Gasteiger partial charge is 0.394 e. The lowest BCUT2D eigenvalue weighted by Crippen LogP contribution is -2.52. The number of rotatable bonds is 2. The van der Waals surface area contributed by atoms with Crippen molar-refractivity contribution in [3.05, 3.63) is 0 Å². The molecule has 1 aliphatic carbocycles. The number of morpholine rings is 1. The minimum Gasteiger partial charge on any atom is -0.394 e. The highest BCUT2D eigenvalue weighted by Crippen LogP contribution is 2.26. The van der Waals surface area contributed by atoms with Crippen molar-refractivity contribution in [2.24, 2.45) is 11.7 Å². The molecular weight excluding hydrogens is 232 g/mol. The molecule has 0 aromatic carbocycles. The van der Waals surface area contributed by atoms with Crippen molar-refractivity contribution < 1.29 is 14.6 Å². The second kappa shape index (κ2) is 5.99. The molecule has 2 fully saturated rings. The molecule has 0 aromatic heterocycles. The zero-order chi connectivity index (χ0) is 13.1. The molecule has 0 radical (unpaired) electrons. The number of nitrogens with zero attached hydrogens (tertiary/aromatic N) is 1. The molecule has 0 bridgehead atoms. The number of carbonyl (C=O) groups is 1. The van der Waals surface area contributed by atoms with E-state index in [0.717, 1.165) is 25.7 Å². The molecule has 3 N–H and O–H groups in total. The van der Waals surface area contributed by atoms with Gasteiger partial charge in [-0.3, -0.25) is 4.79 Å². The number of amides is 1.